The largest absolute Gasteiger partial charge is 0.322 e. The highest BCUT2D eigenvalue weighted by Gasteiger charge is 2.25. The standard InChI is InChI=1S/C17H26N6O/c1-11-8-15(20-19-11)14-6-5-7-23(9-14)10-16(24)18-17-12(2)21-22(4)13(17)3/h8,14H,5-7,9-10H2,1-4H3,(H,18,24)(H,19,20)/t14-/m0/s1. The summed E-state index contributed by atoms with van der Waals surface area (Å²) in [7, 11) is 1.89. The number of hydrogen-bond acceptors (Lipinski definition) is 4. The smallest absolute Gasteiger partial charge is 0.238 e. The fraction of sp³-hybridized carbons (Fsp3) is 0.588. The lowest BCUT2D eigenvalue weighted by atomic mass is 9.94. The second kappa shape index (κ2) is 6.76. The number of nitrogens with zero attached hydrogens (tertiary/aromatic N) is 4. The quantitative estimate of drug-likeness (QED) is 0.897. The maximum Gasteiger partial charge on any atom is 0.238 e. The minimum absolute atomic E-state index is 0.0214. The number of amides is 1. The molecule has 130 valence electrons. The van der Waals surface area contributed by atoms with Gasteiger partial charge in [0.15, 0.2) is 0 Å². The minimum Gasteiger partial charge on any atom is -0.322 e. The molecule has 0 radical (unpaired) electrons. The number of carbonyl (C=O) groups excluding carboxylic acids is 1. The third-order valence-corrected chi connectivity index (χ3v) is 4.79. The van der Waals surface area contributed by atoms with Crippen molar-refractivity contribution in [2.45, 2.75) is 39.5 Å². The number of hydrogen-bond donors (Lipinski definition) is 2. The van der Waals surface area contributed by atoms with Crippen molar-refractivity contribution in [3.63, 3.8) is 0 Å². The van der Waals surface area contributed by atoms with Gasteiger partial charge in [-0.2, -0.15) is 10.2 Å². The normalized spacial score (nSPS) is 18.8. The lowest BCUT2D eigenvalue weighted by molar-refractivity contribution is -0.117. The van der Waals surface area contributed by atoms with Gasteiger partial charge in [0.25, 0.3) is 0 Å². The second-order valence-electron chi connectivity index (χ2n) is 6.77. The van der Waals surface area contributed by atoms with E-state index in [0.29, 0.717) is 12.5 Å². The number of H-pyrrole nitrogens is 1. The van der Waals surface area contributed by atoms with Gasteiger partial charge in [-0.1, -0.05) is 0 Å². The second-order valence-corrected chi connectivity index (χ2v) is 6.77. The Bertz CT molecular complexity index is 732. The van der Waals surface area contributed by atoms with Crippen LogP contribution in [0.5, 0.6) is 0 Å². The van der Waals surface area contributed by atoms with Crippen LogP contribution >= 0.6 is 0 Å². The SMILES string of the molecule is Cc1cc([C@H]2CCCN(CC(=O)Nc3c(C)nn(C)c3C)C2)n[nH]1. The van der Waals surface area contributed by atoms with Gasteiger partial charge in [-0.05, 0) is 46.2 Å². The number of carbonyl (C=O) groups is 1. The fourth-order valence-electron chi connectivity index (χ4n) is 3.43. The third kappa shape index (κ3) is 3.51. The zero-order valence-corrected chi connectivity index (χ0v) is 14.9. The molecule has 0 aromatic carbocycles. The molecular formula is C17H26N6O. The van der Waals surface area contributed by atoms with E-state index in [2.05, 4.69) is 31.6 Å². The molecule has 0 bridgehead atoms. The number of likely N-dealkylation sites (tertiary alicyclic amines) is 1. The highest BCUT2D eigenvalue weighted by Crippen LogP contribution is 2.26. The van der Waals surface area contributed by atoms with Crippen LogP contribution in [0, 0.1) is 20.8 Å². The molecule has 2 aromatic rings. The average molecular weight is 330 g/mol. The summed E-state index contributed by atoms with van der Waals surface area (Å²) in [6.45, 7) is 8.14. The molecule has 1 atom stereocenters. The van der Waals surface area contributed by atoms with Crippen LogP contribution in [0.15, 0.2) is 6.07 Å². The molecule has 7 heteroatoms. The van der Waals surface area contributed by atoms with E-state index in [0.717, 1.165) is 54.4 Å². The number of anilines is 1. The molecule has 3 heterocycles. The maximum absolute atomic E-state index is 12.4. The van der Waals surface area contributed by atoms with Crippen LogP contribution in [-0.2, 0) is 11.8 Å². The number of piperidine rings is 1. The Morgan fingerprint density at radius 2 is 2.21 bits per heavy atom. The van der Waals surface area contributed by atoms with Crippen LogP contribution in [0.25, 0.3) is 0 Å². The summed E-state index contributed by atoms with van der Waals surface area (Å²) in [6.07, 6.45) is 2.22. The summed E-state index contributed by atoms with van der Waals surface area (Å²) in [6, 6.07) is 2.11. The van der Waals surface area contributed by atoms with Crippen LogP contribution in [0.2, 0.25) is 0 Å². The van der Waals surface area contributed by atoms with Crippen molar-refractivity contribution < 1.29 is 4.79 Å². The molecule has 1 saturated heterocycles. The summed E-state index contributed by atoms with van der Waals surface area (Å²) in [5.74, 6) is 0.423. The number of rotatable bonds is 4. The lowest BCUT2D eigenvalue weighted by Crippen LogP contribution is -2.40. The zero-order chi connectivity index (χ0) is 17.3. The van der Waals surface area contributed by atoms with Gasteiger partial charge in [0.2, 0.25) is 5.91 Å². The Morgan fingerprint density at radius 1 is 1.42 bits per heavy atom. The van der Waals surface area contributed by atoms with Gasteiger partial charge in [-0.3, -0.25) is 19.5 Å². The van der Waals surface area contributed by atoms with E-state index in [1.165, 1.54) is 0 Å². The first-order valence-electron chi connectivity index (χ1n) is 8.48. The Kier molecular flexibility index (Phi) is 4.71. The van der Waals surface area contributed by atoms with Crippen LogP contribution in [0.4, 0.5) is 5.69 Å². The Morgan fingerprint density at radius 3 is 2.83 bits per heavy atom. The topological polar surface area (TPSA) is 78.8 Å². The highest BCUT2D eigenvalue weighted by molar-refractivity contribution is 5.93. The van der Waals surface area contributed by atoms with Crippen LogP contribution < -0.4 is 5.32 Å². The molecule has 0 spiro atoms. The van der Waals surface area contributed by atoms with Gasteiger partial charge in [0.1, 0.15) is 0 Å². The predicted molar refractivity (Wildman–Crippen MR) is 93.1 cm³/mol. The molecule has 0 aliphatic carbocycles. The Hall–Kier alpha value is -2.15. The maximum atomic E-state index is 12.4. The molecule has 3 rings (SSSR count). The van der Waals surface area contributed by atoms with Crippen LogP contribution in [-0.4, -0.2) is 50.4 Å². The summed E-state index contributed by atoms with van der Waals surface area (Å²) in [5.41, 5.74) is 4.86. The first kappa shape index (κ1) is 16.7. The fourth-order valence-corrected chi connectivity index (χ4v) is 3.43. The average Bonchev–Trinajstić information content (AvgIpc) is 3.07. The number of aromatic nitrogens is 4. The first-order chi connectivity index (χ1) is 11.4. The van der Waals surface area contributed by atoms with Crippen molar-refractivity contribution in [3.05, 3.63) is 28.8 Å². The zero-order valence-electron chi connectivity index (χ0n) is 14.9. The van der Waals surface area contributed by atoms with E-state index in [-0.39, 0.29) is 5.91 Å². The highest BCUT2D eigenvalue weighted by atomic mass is 16.2. The van der Waals surface area contributed by atoms with Gasteiger partial charge in [-0.15, -0.1) is 0 Å². The Balaban J connectivity index is 1.60. The first-order valence-corrected chi connectivity index (χ1v) is 8.48. The predicted octanol–water partition coefficient (Wildman–Crippen LogP) is 1.89. The summed E-state index contributed by atoms with van der Waals surface area (Å²) >= 11 is 0. The van der Waals surface area contributed by atoms with Crippen LogP contribution in [0.1, 0.15) is 41.5 Å². The summed E-state index contributed by atoms with van der Waals surface area (Å²) < 4.78 is 1.79. The minimum atomic E-state index is 0.0214. The molecule has 0 unspecified atom stereocenters. The molecule has 0 saturated carbocycles. The summed E-state index contributed by atoms with van der Waals surface area (Å²) in [5, 5.41) is 14.8. The van der Waals surface area contributed by atoms with Gasteiger partial charge < -0.3 is 5.32 Å². The third-order valence-electron chi connectivity index (χ3n) is 4.79. The molecule has 2 N–H and O–H groups in total. The molecule has 7 nitrogen and oxygen atoms in total. The monoisotopic (exact) mass is 330 g/mol. The van der Waals surface area contributed by atoms with Gasteiger partial charge in [0.05, 0.1) is 29.3 Å². The van der Waals surface area contributed by atoms with Crippen molar-refractivity contribution in [3.8, 4) is 0 Å². The molecule has 1 fully saturated rings. The molecule has 1 aliphatic heterocycles. The van der Waals surface area contributed by atoms with Crippen molar-refractivity contribution in [2.24, 2.45) is 7.05 Å². The van der Waals surface area contributed by atoms with E-state index < -0.39 is 0 Å². The molecule has 24 heavy (non-hydrogen) atoms. The van der Waals surface area contributed by atoms with E-state index in [9.17, 15) is 4.79 Å². The number of nitrogens with one attached hydrogen (secondary N) is 2. The molecular weight excluding hydrogens is 304 g/mol. The van der Waals surface area contributed by atoms with Crippen molar-refractivity contribution >= 4 is 11.6 Å². The van der Waals surface area contributed by atoms with Gasteiger partial charge in [0, 0.05) is 25.2 Å². The molecule has 1 amide bonds. The van der Waals surface area contributed by atoms with Gasteiger partial charge >= 0.3 is 0 Å². The number of aromatic amines is 1. The van der Waals surface area contributed by atoms with Crippen molar-refractivity contribution in [1.29, 1.82) is 0 Å². The molecule has 2 aromatic heterocycles. The lowest BCUT2D eigenvalue weighted by Gasteiger charge is -2.31. The van der Waals surface area contributed by atoms with Crippen molar-refractivity contribution in [2.75, 3.05) is 25.0 Å². The van der Waals surface area contributed by atoms with Crippen LogP contribution in [0.3, 0.4) is 0 Å². The van der Waals surface area contributed by atoms with E-state index in [4.69, 9.17) is 0 Å². The van der Waals surface area contributed by atoms with Crippen molar-refractivity contribution in [1.82, 2.24) is 24.9 Å². The number of aryl methyl sites for hydroxylation is 3. The Labute approximate surface area is 142 Å². The van der Waals surface area contributed by atoms with E-state index in [1.807, 2.05) is 27.8 Å². The van der Waals surface area contributed by atoms with E-state index >= 15 is 0 Å². The van der Waals surface area contributed by atoms with E-state index in [1.54, 1.807) is 4.68 Å². The summed E-state index contributed by atoms with van der Waals surface area (Å²) in [4.78, 5) is 14.6. The van der Waals surface area contributed by atoms with Gasteiger partial charge in [-0.25, -0.2) is 0 Å². The molecule has 1 aliphatic rings.